The molecule has 154 valence electrons. The van der Waals surface area contributed by atoms with E-state index < -0.39 is 0 Å². The van der Waals surface area contributed by atoms with Gasteiger partial charge in [0.1, 0.15) is 23.1 Å². The monoisotopic (exact) mass is 401 g/mol. The molecule has 1 aliphatic heterocycles. The number of anilines is 2. The van der Waals surface area contributed by atoms with Gasteiger partial charge in [-0.3, -0.25) is 0 Å². The van der Waals surface area contributed by atoms with Crippen LogP contribution in [0.4, 0.5) is 11.5 Å². The Labute approximate surface area is 176 Å². The highest BCUT2D eigenvalue weighted by molar-refractivity contribution is 6.08. The van der Waals surface area contributed by atoms with Gasteiger partial charge in [0.25, 0.3) is 0 Å². The van der Waals surface area contributed by atoms with Crippen LogP contribution in [0, 0.1) is 13.8 Å². The lowest BCUT2D eigenvalue weighted by Crippen LogP contribution is -2.47. The standard InChI is InChI=1S/C24H27N5O/c1-4-30-18-6-7-20-19(14-18)22-23(27-20)24(26-15-25-22)29-11-9-28(10-12-29)21-8-5-16(2)13-17(21)3/h5-8,13-15,27H,4,9-12H2,1-3H3. The van der Waals surface area contributed by atoms with Crippen LogP contribution >= 0.6 is 0 Å². The zero-order chi connectivity index (χ0) is 20.7. The number of hydrogen-bond donors (Lipinski definition) is 1. The Bertz CT molecular complexity index is 1210. The molecule has 0 unspecified atom stereocenters. The minimum absolute atomic E-state index is 0.652. The van der Waals surface area contributed by atoms with E-state index >= 15 is 0 Å². The number of nitrogens with one attached hydrogen (secondary N) is 1. The molecule has 1 N–H and O–H groups in total. The molecular formula is C24H27N5O. The number of hydrogen-bond acceptors (Lipinski definition) is 5. The van der Waals surface area contributed by atoms with Crippen LogP contribution in [-0.4, -0.2) is 47.7 Å². The molecule has 2 aromatic carbocycles. The number of nitrogens with zero attached hydrogens (tertiary/aromatic N) is 4. The van der Waals surface area contributed by atoms with Crippen LogP contribution in [0.25, 0.3) is 21.9 Å². The van der Waals surface area contributed by atoms with Crippen molar-refractivity contribution in [3.63, 3.8) is 0 Å². The summed E-state index contributed by atoms with van der Waals surface area (Å²) in [5.41, 5.74) is 7.00. The van der Waals surface area contributed by atoms with Crippen molar-refractivity contribution >= 4 is 33.4 Å². The second-order valence-electron chi connectivity index (χ2n) is 7.95. The molecule has 0 bridgehead atoms. The maximum Gasteiger partial charge on any atom is 0.156 e. The first kappa shape index (κ1) is 18.7. The predicted octanol–water partition coefficient (Wildman–Crippen LogP) is 4.45. The summed E-state index contributed by atoms with van der Waals surface area (Å²) < 4.78 is 5.68. The number of benzene rings is 2. The Kier molecular flexibility index (Phi) is 4.69. The zero-order valence-electron chi connectivity index (χ0n) is 17.8. The van der Waals surface area contributed by atoms with E-state index in [-0.39, 0.29) is 0 Å². The van der Waals surface area contributed by atoms with Crippen molar-refractivity contribution in [2.45, 2.75) is 20.8 Å². The fourth-order valence-corrected chi connectivity index (χ4v) is 4.47. The first-order valence-electron chi connectivity index (χ1n) is 10.6. The van der Waals surface area contributed by atoms with Crippen molar-refractivity contribution in [1.82, 2.24) is 15.0 Å². The molecule has 0 amide bonds. The Balaban J connectivity index is 1.43. The number of aryl methyl sites for hydroxylation is 2. The molecule has 6 nitrogen and oxygen atoms in total. The van der Waals surface area contributed by atoms with Crippen molar-refractivity contribution in [2.75, 3.05) is 42.6 Å². The number of fused-ring (bicyclic) bond motifs is 3. The third-order valence-corrected chi connectivity index (χ3v) is 5.92. The second kappa shape index (κ2) is 7.52. The molecule has 0 atom stereocenters. The fourth-order valence-electron chi connectivity index (χ4n) is 4.47. The minimum atomic E-state index is 0.652. The lowest BCUT2D eigenvalue weighted by molar-refractivity contribution is 0.341. The first-order chi connectivity index (χ1) is 14.6. The molecule has 30 heavy (non-hydrogen) atoms. The highest BCUT2D eigenvalue weighted by Crippen LogP contribution is 2.32. The fraction of sp³-hybridized carbons (Fsp3) is 0.333. The maximum atomic E-state index is 5.68. The summed E-state index contributed by atoms with van der Waals surface area (Å²) in [5.74, 6) is 1.85. The molecule has 5 rings (SSSR count). The van der Waals surface area contributed by atoms with Crippen molar-refractivity contribution in [3.05, 3.63) is 53.9 Å². The smallest absolute Gasteiger partial charge is 0.156 e. The minimum Gasteiger partial charge on any atom is -0.494 e. The SMILES string of the molecule is CCOc1ccc2[nH]c3c(N4CCN(c5ccc(C)cc5C)CC4)ncnc3c2c1. The highest BCUT2D eigenvalue weighted by Gasteiger charge is 2.22. The van der Waals surface area contributed by atoms with E-state index in [2.05, 4.69) is 68.9 Å². The van der Waals surface area contributed by atoms with Crippen LogP contribution in [0.2, 0.25) is 0 Å². The quantitative estimate of drug-likeness (QED) is 0.547. The Hall–Kier alpha value is -3.28. The van der Waals surface area contributed by atoms with E-state index in [9.17, 15) is 0 Å². The number of piperazine rings is 1. The van der Waals surface area contributed by atoms with Gasteiger partial charge in [0.15, 0.2) is 5.82 Å². The average Bonchev–Trinajstić information content (AvgIpc) is 3.12. The molecule has 0 saturated carbocycles. The number of aromatic amines is 1. The van der Waals surface area contributed by atoms with Crippen LogP contribution in [0.1, 0.15) is 18.1 Å². The van der Waals surface area contributed by atoms with Gasteiger partial charge in [-0.2, -0.15) is 0 Å². The van der Waals surface area contributed by atoms with Gasteiger partial charge in [-0.05, 0) is 50.6 Å². The normalized spacial score (nSPS) is 14.6. The average molecular weight is 402 g/mol. The lowest BCUT2D eigenvalue weighted by atomic mass is 10.1. The largest absolute Gasteiger partial charge is 0.494 e. The number of rotatable bonds is 4. The van der Waals surface area contributed by atoms with Gasteiger partial charge < -0.3 is 19.5 Å². The first-order valence-corrected chi connectivity index (χ1v) is 10.6. The van der Waals surface area contributed by atoms with E-state index in [1.165, 1.54) is 16.8 Å². The molecule has 0 spiro atoms. The maximum absolute atomic E-state index is 5.68. The van der Waals surface area contributed by atoms with E-state index in [0.29, 0.717) is 6.61 Å². The summed E-state index contributed by atoms with van der Waals surface area (Å²) in [4.78, 5) is 17.6. The number of aromatic nitrogens is 3. The van der Waals surface area contributed by atoms with Crippen LogP contribution in [0.5, 0.6) is 5.75 Å². The topological polar surface area (TPSA) is 57.3 Å². The summed E-state index contributed by atoms with van der Waals surface area (Å²) >= 11 is 0. The van der Waals surface area contributed by atoms with Crippen LogP contribution in [0.15, 0.2) is 42.7 Å². The summed E-state index contributed by atoms with van der Waals surface area (Å²) in [7, 11) is 0. The molecule has 6 heteroatoms. The van der Waals surface area contributed by atoms with Crippen LogP contribution in [0.3, 0.4) is 0 Å². The lowest BCUT2D eigenvalue weighted by Gasteiger charge is -2.37. The molecule has 1 fully saturated rings. The Morgan fingerprint density at radius 2 is 1.77 bits per heavy atom. The van der Waals surface area contributed by atoms with Crippen molar-refractivity contribution in [2.24, 2.45) is 0 Å². The highest BCUT2D eigenvalue weighted by atomic mass is 16.5. The van der Waals surface area contributed by atoms with Crippen molar-refractivity contribution < 1.29 is 4.74 Å². The van der Waals surface area contributed by atoms with Gasteiger partial charge >= 0.3 is 0 Å². The molecular weight excluding hydrogens is 374 g/mol. The predicted molar refractivity (Wildman–Crippen MR) is 123 cm³/mol. The molecule has 1 saturated heterocycles. The van der Waals surface area contributed by atoms with Gasteiger partial charge in [0.2, 0.25) is 0 Å². The molecule has 3 heterocycles. The summed E-state index contributed by atoms with van der Waals surface area (Å²) in [6, 6.07) is 12.8. The van der Waals surface area contributed by atoms with E-state index in [4.69, 9.17) is 4.74 Å². The van der Waals surface area contributed by atoms with Crippen molar-refractivity contribution in [3.8, 4) is 5.75 Å². The zero-order valence-corrected chi connectivity index (χ0v) is 17.8. The molecule has 4 aromatic rings. The molecule has 2 aromatic heterocycles. The third kappa shape index (κ3) is 3.22. The summed E-state index contributed by atoms with van der Waals surface area (Å²) in [5, 5.41) is 1.08. The van der Waals surface area contributed by atoms with Crippen LogP contribution in [-0.2, 0) is 0 Å². The Morgan fingerprint density at radius 1 is 0.967 bits per heavy atom. The molecule has 0 radical (unpaired) electrons. The van der Waals surface area contributed by atoms with Crippen molar-refractivity contribution in [1.29, 1.82) is 0 Å². The van der Waals surface area contributed by atoms with Gasteiger partial charge in [0.05, 0.1) is 6.61 Å². The summed E-state index contributed by atoms with van der Waals surface area (Å²) in [6.07, 6.45) is 1.68. The number of ether oxygens (including phenoxy) is 1. The van der Waals surface area contributed by atoms with Crippen LogP contribution < -0.4 is 14.5 Å². The van der Waals surface area contributed by atoms with Gasteiger partial charge in [-0.25, -0.2) is 9.97 Å². The summed E-state index contributed by atoms with van der Waals surface area (Å²) in [6.45, 7) is 10.8. The van der Waals surface area contributed by atoms with Gasteiger partial charge in [-0.15, -0.1) is 0 Å². The number of H-pyrrole nitrogens is 1. The van der Waals surface area contributed by atoms with E-state index in [1.807, 2.05) is 13.0 Å². The third-order valence-electron chi connectivity index (χ3n) is 5.92. The second-order valence-corrected chi connectivity index (χ2v) is 7.95. The van der Waals surface area contributed by atoms with Gasteiger partial charge in [-0.1, -0.05) is 17.7 Å². The van der Waals surface area contributed by atoms with E-state index in [0.717, 1.165) is 59.7 Å². The van der Waals surface area contributed by atoms with Gasteiger partial charge in [0, 0.05) is 42.8 Å². The molecule has 1 aliphatic rings. The Morgan fingerprint density at radius 3 is 2.53 bits per heavy atom. The van der Waals surface area contributed by atoms with E-state index in [1.54, 1.807) is 6.33 Å². The molecule has 0 aliphatic carbocycles.